The van der Waals surface area contributed by atoms with Crippen molar-refractivity contribution in [2.45, 2.75) is 26.8 Å². The molecule has 0 spiro atoms. The van der Waals surface area contributed by atoms with Crippen LogP contribution in [0.3, 0.4) is 0 Å². The molecule has 4 heteroatoms. The van der Waals surface area contributed by atoms with Crippen LogP contribution >= 0.6 is 15.9 Å². The quantitative estimate of drug-likeness (QED) is 0.759. The summed E-state index contributed by atoms with van der Waals surface area (Å²) >= 11 is 3.18. The number of aryl methyl sites for hydroxylation is 2. The standard InChI is InChI=1S/C17H18BrF2N/c1-4-21-17(12-6-5-10(2)11(3)9-12)13-7-8-14(19)16(20)15(13)18/h5-9,17,21H,4H2,1-3H3. The molecule has 0 fully saturated rings. The zero-order chi connectivity index (χ0) is 15.6. The van der Waals surface area contributed by atoms with Crippen LogP contribution in [0.2, 0.25) is 0 Å². The normalized spacial score (nSPS) is 12.5. The van der Waals surface area contributed by atoms with Crippen LogP contribution in [0.1, 0.15) is 35.2 Å². The maximum atomic E-state index is 13.8. The number of rotatable bonds is 4. The lowest BCUT2D eigenvalue weighted by Crippen LogP contribution is -2.23. The molecule has 0 saturated heterocycles. The fraction of sp³-hybridized carbons (Fsp3) is 0.294. The van der Waals surface area contributed by atoms with E-state index in [1.807, 2.05) is 26.0 Å². The summed E-state index contributed by atoms with van der Waals surface area (Å²) in [5.74, 6) is -1.69. The maximum Gasteiger partial charge on any atom is 0.173 e. The van der Waals surface area contributed by atoms with E-state index in [2.05, 4.69) is 34.2 Å². The van der Waals surface area contributed by atoms with E-state index in [0.29, 0.717) is 5.56 Å². The molecule has 0 saturated carbocycles. The van der Waals surface area contributed by atoms with Gasteiger partial charge in [0.2, 0.25) is 0 Å². The molecule has 2 aromatic carbocycles. The summed E-state index contributed by atoms with van der Waals surface area (Å²) in [6.45, 7) is 6.81. The molecule has 0 aromatic heterocycles. The summed E-state index contributed by atoms with van der Waals surface area (Å²) in [5.41, 5.74) is 4.11. The van der Waals surface area contributed by atoms with Crippen molar-refractivity contribution in [3.8, 4) is 0 Å². The van der Waals surface area contributed by atoms with Crippen molar-refractivity contribution in [3.05, 3.63) is 68.7 Å². The minimum atomic E-state index is -0.848. The third-order valence-corrected chi connectivity index (χ3v) is 4.45. The molecular weight excluding hydrogens is 336 g/mol. The molecular formula is C17H18BrF2N. The Balaban J connectivity index is 2.53. The van der Waals surface area contributed by atoms with Gasteiger partial charge in [-0.3, -0.25) is 0 Å². The molecule has 0 aliphatic rings. The second-order valence-corrected chi connectivity index (χ2v) is 5.89. The zero-order valence-electron chi connectivity index (χ0n) is 12.3. The Hall–Kier alpha value is -1.26. The smallest absolute Gasteiger partial charge is 0.173 e. The summed E-state index contributed by atoms with van der Waals surface area (Å²) in [5, 5.41) is 3.33. The Labute approximate surface area is 132 Å². The van der Waals surface area contributed by atoms with Gasteiger partial charge in [0.1, 0.15) is 0 Å². The van der Waals surface area contributed by atoms with Crippen LogP contribution in [0.5, 0.6) is 0 Å². The fourth-order valence-corrected chi connectivity index (χ4v) is 2.87. The van der Waals surface area contributed by atoms with Crippen LogP contribution in [0.15, 0.2) is 34.8 Å². The highest BCUT2D eigenvalue weighted by Gasteiger charge is 2.20. The molecule has 0 aliphatic carbocycles. The van der Waals surface area contributed by atoms with Crippen LogP contribution in [-0.2, 0) is 0 Å². The molecule has 21 heavy (non-hydrogen) atoms. The van der Waals surface area contributed by atoms with Gasteiger partial charge in [0.05, 0.1) is 10.5 Å². The number of benzene rings is 2. The molecule has 1 nitrogen and oxygen atoms in total. The molecule has 112 valence electrons. The monoisotopic (exact) mass is 353 g/mol. The minimum Gasteiger partial charge on any atom is -0.306 e. The largest absolute Gasteiger partial charge is 0.306 e. The van der Waals surface area contributed by atoms with Crippen molar-refractivity contribution < 1.29 is 8.78 Å². The first-order chi connectivity index (χ1) is 9.95. The lowest BCUT2D eigenvalue weighted by atomic mass is 9.95. The number of hydrogen-bond acceptors (Lipinski definition) is 1. The predicted molar refractivity (Wildman–Crippen MR) is 85.5 cm³/mol. The Morgan fingerprint density at radius 1 is 1.10 bits per heavy atom. The predicted octanol–water partition coefficient (Wildman–Crippen LogP) is 5.04. The molecule has 1 unspecified atom stereocenters. The summed E-state index contributed by atoms with van der Waals surface area (Å²) < 4.78 is 27.3. The lowest BCUT2D eigenvalue weighted by Gasteiger charge is -2.21. The van der Waals surface area contributed by atoms with Crippen LogP contribution in [0, 0.1) is 25.5 Å². The topological polar surface area (TPSA) is 12.0 Å². The van der Waals surface area contributed by atoms with Gasteiger partial charge in [0.25, 0.3) is 0 Å². The maximum absolute atomic E-state index is 13.8. The number of nitrogens with one attached hydrogen (secondary N) is 1. The van der Waals surface area contributed by atoms with Crippen molar-refractivity contribution in [3.63, 3.8) is 0 Å². The van der Waals surface area contributed by atoms with E-state index in [4.69, 9.17) is 0 Å². The highest BCUT2D eigenvalue weighted by atomic mass is 79.9. The van der Waals surface area contributed by atoms with Crippen LogP contribution < -0.4 is 5.32 Å². The first kappa shape index (κ1) is 16.1. The lowest BCUT2D eigenvalue weighted by molar-refractivity contribution is 0.498. The van der Waals surface area contributed by atoms with E-state index in [1.54, 1.807) is 6.07 Å². The third kappa shape index (κ3) is 3.33. The van der Waals surface area contributed by atoms with E-state index < -0.39 is 11.6 Å². The Kier molecular flexibility index (Phi) is 5.12. The summed E-state index contributed by atoms with van der Waals surface area (Å²) in [7, 11) is 0. The molecule has 2 aromatic rings. The molecule has 0 aliphatic heterocycles. The second-order valence-electron chi connectivity index (χ2n) is 5.10. The molecule has 0 heterocycles. The highest BCUT2D eigenvalue weighted by molar-refractivity contribution is 9.10. The molecule has 0 radical (unpaired) electrons. The second kappa shape index (κ2) is 6.67. The van der Waals surface area contributed by atoms with Gasteiger partial charge in [-0.1, -0.05) is 31.2 Å². The van der Waals surface area contributed by atoms with E-state index >= 15 is 0 Å². The van der Waals surface area contributed by atoms with Crippen LogP contribution in [-0.4, -0.2) is 6.54 Å². The van der Waals surface area contributed by atoms with E-state index in [-0.39, 0.29) is 10.5 Å². The molecule has 0 amide bonds. The van der Waals surface area contributed by atoms with E-state index in [9.17, 15) is 8.78 Å². The third-order valence-electron chi connectivity index (χ3n) is 3.65. The minimum absolute atomic E-state index is 0.173. The van der Waals surface area contributed by atoms with Crippen molar-refractivity contribution >= 4 is 15.9 Å². The van der Waals surface area contributed by atoms with E-state index in [0.717, 1.165) is 12.1 Å². The van der Waals surface area contributed by atoms with E-state index in [1.165, 1.54) is 17.2 Å². The Morgan fingerprint density at radius 2 is 1.81 bits per heavy atom. The first-order valence-electron chi connectivity index (χ1n) is 6.89. The summed E-state index contributed by atoms with van der Waals surface area (Å²) in [6, 6.07) is 8.74. The number of hydrogen-bond donors (Lipinski definition) is 1. The van der Waals surface area contributed by atoms with Crippen molar-refractivity contribution in [1.29, 1.82) is 0 Å². The molecule has 1 atom stereocenters. The van der Waals surface area contributed by atoms with Gasteiger partial charge in [0.15, 0.2) is 11.6 Å². The van der Waals surface area contributed by atoms with Gasteiger partial charge in [-0.15, -0.1) is 0 Å². The van der Waals surface area contributed by atoms with Crippen molar-refractivity contribution in [2.75, 3.05) is 6.54 Å². The van der Waals surface area contributed by atoms with Gasteiger partial charge in [-0.05, 0) is 64.6 Å². The molecule has 0 bridgehead atoms. The van der Waals surface area contributed by atoms with Gasteiger partial charge in [-0.2, -0.15) is 0 Å². The summed E-state index contributed by atoms with van der Waals surface area (Å²) in [4.78, 5) is 0. The average molecular weight is 354 g/mol. The highest BCUT2D eigenvalue weighted by Crippen LogP contribution is 2.32. The van der Waals surface area contributed by atoms with Crippen molar-refractivity contribution in [2.24, 2.45) is 0 Å². The average Bonchev–Trinajstić information content (AvgIpc) is 2.46. The van der Waals surface area contributed by atoms with Gasteiger partial charge < -0.3 is 5.32 Å². The summed E-state index contributed by atoms with van der Waals surface area (Å²) in [6.07, 6.45) is 0. The Morgan fingerprint density at radius 3 is 2.43 bits per heavy atom. The zero-order valence-corrected chi connectivity index (χ0v) is 13.9. The van der Waals surface area contributed by atoms with Gasteiger partial charge in [-0.25, -0.2) is 8.78 Å². The van der Waals surface area contributed by atoms with Crippen LogP contribution in [0.25, 0.3) is 0 Å². The Bertz CT molecular complexity index is 655. The first-order valence-corrected chi connectivity index (χ1v) is 7.69. The molecule has 2 rings (SSSR count). The fourth-order valence-electron chi connectivity index (χ4n) is 2.32. The SMILES string of the molecule is CCNC(c1ccc(C)c(C)c1)c1ccc(F)c(F)c1Br. The number of halogens is 3. The van der Waals surface area contributed by atoms with Gasteiger partial charge in [0, 0.05) is 0 Å². The van der Waals surface area contributed by atoms with Crippen LogP contribution in [0.4, 0.5) is 8.78 Å². The van der Waals surface area contributed by atoms with Crippen molar-refractivity contribution in [1.82, 2.24) is 5.32 Å². The molecule has 1 N–H and O–H groups in total. The van der Waals surface area contributed by atoms with Gasteiger partial charge >= 0.3 is 0 Å².